The highest BCUT2D eigenvalue weighted by Gasteiger charge is 2.32. The van der Waals surface area contributed by atoms with Crippen molar-refractivity contribution in [3.63, 3.8) is 0 Å². The topological polar surface area (TPSA) is 18.5 Å². The Balaban J connectivity index is 1.15. The van der Waals surface area contributed by atoms with Crippen molar-refractivity contribution in [1.29, 1.82) is 0 Å². The van der Waals surface area contributed by atoms with Gasteiger partial charge in [0.2, 0.25) is 0 Å². The number of benzene rings is 4. The zero-order valence-electron chi connectivity index (χ0n) is 24.1. The van der Waals surface area contributed by atoms with Gasteiger partial charge in [0.25, 0.3) is 0 Å². The van der Waals surface area contributed by atoms with Crippen LogP contribution < -0.4 is 9.47 Å². The van der Waals surface area contributed by atoms with E-state index in [0.29, 0.717) is 11.1 Å². The van der Waals surface area contributed by atoms with Crippen molar-refractivity contribution in [2.24, 2.45) is 0 Å². The second kappa shape index (κ2) is 14.0. The molecule has 0 saturated carbocycles. The van der Waals surface area contributed by atoms with Crippen LogP contribution in [0.1, 0.15) is 54.4 Å². The van der Waals surface area contributed by atoms with Gasteiger partial charge < -0.3 is 9.47 Å². The van der Waals surface area contributed by atoms with Crippen molar-refractivity contribution in [2.45, 2.75) is 71.5 Å². The standard InChI is InChI=1S/C35H34F6O2/c1-24-22-30(18-20-32(24)42-34(36,37)38)28-14-10-26(11-15-28)8-6-4-3-5-7-9-27-12-16-29(17-13-27)31-19-21-33(25(2)23-31)43-35(39,40)41/h10-23H,3-9H2,1-2H3. The third-order valence-corrected chi connectivity index (χ3v) is 7.31. The van der Waals surface area contributed by atoms with Crippen molar-refractivity contribution >= 4 is 0 Å². The van der Waals surface area contributed by atoms with E-state index in [-0.39, 0.29) is 11.5 Å². The van der Waals surface area contributed by atoms with Crippen LogP contribution in [-0.4, -0.2) is 12.7 Å². The molecule has 0 radical (unpaired) electrons. The lowest BCUT2D eigenvalue weighted by molar-refractivity contribution is -0.275. The van der Waals surface area contributed by atoms with Gasteiger partial charge >= 0.3 is 12.7 Å². The summed E-state index contributed by atoms with van der Waals surface area (Å²) in [5, 5.41) is 0. The highest BCUT2D eigenvalue weighted by Crippen LogP contribution is 2.32. The summed E-state index contributed by atoms with van der Waals surface area (Å²) in [5.41, 5.74) is 6.90. The fourth-order valence-corrected chi connectivity index (χ4v) is 5.05. The van der Waals surface area contributed by atoms with Gasteiger partial charge in [0.15, 0.2) is 0 Å². The summed E-state index contributed by atoms with van der Waals surface area (Å²) >= 11 is 0. The van der Waals surface area contributed by atoms with E-state index < -0.39 is 12.7 Å². The molecule has 43 heavy (non-hydrogen) atoms. The Morgan fingerprint density at radius 2 is 0.767 bits per heavy atom. The summed E-state index contributed by atoms with van der Waals surface area (Å²) in [6.45, 7) is 3.20. The lowest BCUT2D eigenvalue weighted by atomic mass is 9.98. The first kappa shape index (κ1) is 32.0. The van der Waals surface area contributed by atoms with E-state index in [1.165, 1.54) is 23.3 Å². The maximum atomic E-state index is 12.5. The Bertz CT molecular complexity index is 1360. The van der Waals surface area contributed by atoms with Crippen LogP contribution in [0.4, 0.5) is 26.3 Å². The third-order valence-electron chi connectivity index (χ3n) is 7.31. The molecule has 4 aromatic rings. The molecule has 0 aromatic heterocycles. The van der Waals surface area contributed by atoms with E-state index in [1.54, 1.807) is 38.1 Å². The first-order valence-corrected chi connectivity index (χ1v) is 14.3. The molecule has 0 fully saturated rings. The van der Waals surface area contributed by atoms with E-state index in [1.807, 2.05) is 24.3 Å². The van der Waals surface area contributed by atoms with E-state index >= 15 is 0 Å². The summed E-state index contributed by atoms with van der Waals surface area (Å²) < 4.78 is 83.2. The van der Waals surface area contributed by atoms with Crippen molar-refractivity contribution in [2.75, 3.05) is 0 Å². The zero-order chi connectivity index (χ0) is 31.0. The number of ether oxygens (including phenoxy) is 2. The number of alkyl halides is 6. The molecular weight excluding hydrogens is 566 g/mol. The molecule has 8 heteroatoms. The van der Waals surface area contributed by atoms with Crippen molar-refractivity contribution in [3.05, 3.63) is 107 Å². The van der Waals surface area contributed by atoms with E-state index in [2.05, 4.69) is 33.7 Å². The summed E-state index contributed by atoms with van der Waals surface area (Å²) in [6, 6.07) is 25.6. The first-order chi connectivity index (χ1) is 20.4. The Morgan fingerprint density at radius 3 is 1.09 bits per heavy atom. The molecule has 0 atom stereocenters. The van der Waals surface area contributed by atoms with Crippen molar-refractivity contribution < 1.29 is 35.8 Å². The lowest BCUT2D eigenvalue weighted by Gasteiger charge is -2.13. The molecule has 0 aliphatic heterocycles. The van der Waals surface area contributed by atoms with Gasteiger partial charge in [-0.15, -0.1) is 26.3 Å². The van der Waals surface area contributed by atoms with E-state index in [0.717, 1.165) is 67.2 Å². The van der Waals surface area contributed by atoms with Gasteiger partial charge in [-0.1, -0.05) is 79.9 Å². The van der Waals surface area contributed by atoms with Gasteiger partial charge in [-0.05, 0) is 108 Å². The average Bonchev–Trinajstić information content (AvgIpc) is 2.94. The van der Waals surface area contributed by atoms with Gasteiger partial charge in [-0.3, -0.25) is 0 Å². The highest BCUT2D eigenvalue weighted by molar-refractivity contribution is 5.67. The van der Waals surface area contributed by atoms with Crippen LogP contribution in [0.3, 0.4) is 0 Å². The molecule has 0 spiro atoms. The largest absolute Gasteiger partial charge is 0.573 e. The minimum atomic E-state index is -4.71. The Hall–Kier alpha value is -3.94. The minimum Gasteiger partial charge on any atom is -0.406 e. The second-order valence-electron chi connectivity index (χ2n) is 10.7. The molecule has 228 valence electrons. The minimum absolute atomic E-state index is 0.188. The summed E-state index contributed by atoms with van der Waals surface area (Å²) in [6.07, 6.45) is -1.88. The van der Waals surface area contributed by atoms with Crippen LogP contribution >= 0.6 is 0 Å². The fourth-order valence-electron chi connectivity index (χ4n) is 5.05. The Kier molecular flexibility index (Phi) is 10.4. The molecule has 0 N–H and O–H groups in total. The predicted molar refractivity (Wildman–Crippen MR) is 157 cm³/mol. The van der Waals surface area contributed by atoms with Gasteiger partial charge in [-0.25, -0.2) is 0 Å². The summed E-state index contributed by atoms with van der Waals surface area (Å²) in [5.74, 6) is -0.377. The summed E-state index contributed by atoms with van der Waals surface area (Å²) in [4.78, 5) is 0. The maximum absolute atomic E-state index is 12.5. The third kappa shape index (κ3) is 10.1. The number of hydrogen-bond acceptors (Lipinski definition) is 2. The van der Waals surface area contributed by atoms with Crippen LogP contribution in [0.15, 0.2) is 84.9 Å². The van der Waals surface area contributed by atoms with Crippen LogP contribution in [-0.2, 0) is 12.8 Å². The molecule has 0 aliphatic rings. The SMILES string of the molecule is Cc1cc(-c2ccc(CCCCCCCc3ccc(-c4ccc(OC(F)(F)F)c(C)c4)cc3)cc2)ccc1OC(F)(F)F. The van der Waals surface area contributed by atoms with Crippen LogP contribution in [0.5, 0.6) is 11.5 Å². The Labute approximate surface area is 248 Å². The molecule has 0 amide bonds. The van der Waals surface area contributed by atoms with Gasteiger partial charge in [0, 0.05) is 0 Å². The average molecular weight is 601 g/mol. The normalized spacial score (nSPS) is 11.9. The molecule has 2 nitrogen and oxygen atoms in total. The first-order valence-electron chi connectivity index (χ1n) is 14.3. The second-order valence-corrected chi connectivity index (χ2v) is 10.7. The number of aryl methyl sites for hydroxylation is 4. The van der Waals surface area contributed by atoms with Crippen LogP contribution in [0.2, 0.25) is 0 Å². The predicted octanol–water partition coefficient (Wildman–Crippen LogP) is 11.2. The Morgan fingerprint density at radius 1 is 0.442 bits per heavy atom. The fraction of sp³-hybridized carbons (Fsp3) is 0.314. The summed E-state index contributed by atoms with van der Waals surface area (Å²) in [7, 11) is 0. The molecular formula is C35H34F6O2. The molecule has 0 saturated heterocycles. The zero-order valence-corrected chi connectivity index (χ0v) is 24.1. The van der Waals surface area contributed by atoms with E-state index in [4.69, 9.17) is 0 Å². The van der Waals surface area contributed by atoms with Crippen molar-refractivity contribution in [1.82, 2.24) is 0 Å². The lowest BCUT2D eigenvalue weighted by Crippen LogP contribution is -2.17. The number of rotatable bonds is 12. The molecule has 4 aromatic carbocycles. The maximum Gasteiger partial charge on any atom is 0.573 e. The molecule has 0 aliphatic carbocycles. The van der Waals surface area contributed by atoms with Crippen LogP contribution in [0.25, 0.3) is 22.3 Å². The van der Waals surface area contributed by atoms with Gasteiger partial charge in [0.05, 0.1) is 0 Å². The van der Waals surface area contributed by atoms with Gasteiger partial charge in [0.1, 0.15) is 11.5 Å². The smallest absolute Gasteiger partial charge is 0.406 e. The van der Waals surface area contributed by atoms with Crippen LogP contribution in [0, 0.1) is 13.8 Å². The van der Waals surface area contributed by atoms with Crippen molar-refractivity contribution in [3.8, 4) is 33.8 Å². The number of halogens is 6. The monoisotopic (exact) mass is 600 g/mol. The molecule has 0 bridgehead atoms. The quantitative estimate of drug-likeness (QED) is 0.119. The van der Waals surface area contributed by atoms with Gasteiger partial charge in [-0.2, -0.15) is 0 Å². The van der Waals surface area contributed by atoms with E-state index in [9.17, 15) is 26.3 Å². The number of unbranched alkanes of at least 4 members (excludes halogenated alkanes) is 4. The molecule has 0 unspecified atom stereocenters. The molecule has 0 heterocycles. The molecule has 4 rings (SSSR count). The highest BCUT2D eigenvalue weighted by atomic mass is 19.4. The number of hydrogen-bond donors (Lipinski definition) is 0.